The zero-order valence-corrected chi connectivity index (χ0v) is 13.9. The van der Waals surface area contributed by atoms with Gasteiger partial charge in [0.25, 0.3) is 5.91 Å². The van der Waals surface area contributed by atoms with Crippen LogP contribution in [0.25, 0.3) is 6.08 Å². The van der Waals surface area contributed by atoms with E-state index in [9.17, 15) is 9.59 Å². The molecule has 0 atom stereocenters. The molecule has 1 amide bonds. The molecule has 1 aromatic heterocycles. The van der Waals surface area contributed by atoms with Gasteiger partial charge in [0.15, 0.2) is 11.0 Å². The van der Waals surface area contributed by atoms with Crippen LogP contribution in [0.4, 0.5) is 0 Å². The molecule has 4 rings (SSSR count). The number of rotatable bonds is 3. The summed E-state index contributed by atoms with van der Waals surface area (Å²) in [6.45, 7) is 0. The molecule has 0 spiro atoms. The van der Waals surface area contributed by atoms with Crippen LogP contribution in [-0.2, 0) is 4.79 Å². The number of benzene rings is 1. The van der Waals surface area contributed by atoms with Crippen molar-refractivity contribution >= 4 is 46.3 Å². The fraction of sp³-hybridized carbons (Fsp3) is 0. The summed E-state index contributed by atoms with van der Waals surface area (Å²) in [7, 11) is 0. The number of hydrazone groups is 1. The van der Waals surface area contributed by atoms with Gasteiger partial charge in [0.2, 0.25) is 5.76 Å². The van der Waals surface area contributed by atoms with Crippen molar-refractivity contribution in [2.24, 2.45) is 10.1 Å². The molecule has 2 aliphatic rings. The van der Waals surface area contributed by atoms with Crippen molar-refractivity contribution in [2.75, 3.05) is 0 Å². The third-order valence-electron chi connectivity index (χ3n) is 3.52. The summed E-state index contributed by atoms with van der Waals surface area (Å²) < 4.78 is 10.2. The van der Waals surface area contributed by atoms with Gasteiger partial charge in [-0.2, -0.15) is 15.1 Å². The van der Waals surface area contributed by atoms with Gasteiger partial charge < -0.3 is 9.15 Å². The Balaban J connectivity index is 1.53. The van der Waals surface area contributed by atoms with Crippen LogP contribution in [0.1, 0.15) is 16.1 Å². The predicted octanol–water partition coefficient (Wildman–Crippen LogP) is 2.75. The van der Waals surface area contributed by atoms with Gasteiger partial charge in [-0.3, -0.25) is 10.2 Å². The first-order valence-electron chi connectivity index (χ1n) is 7.40. The molecule has 0 aliphatic carbocycles. The second-order valence-corrected chi connectivity index (χ2v) is 6.00. The predicted molar refractivity (Wildman–Crippen MR) is 96.2 cm³/mol. The Hall–Kier alpha value is -3.46. The molecule has 26 heavy (non-hydrogen) atoms. The van der Waals surface area contributed by atoms with Gasteiger partial charge in [-0.25, -0.2) is 4.79 Å². The highest BCUT2D eigenvalue weighted by molar-refractivity contribution is 8.25. The highest BCUT2D eigenvalue weighted by Crippen LogP contribution is 2.25. The number of ether oxygens (including phenoxy) is 1. The first-order chi connectivity index (χ1) is 12.6. The SMILES string of the molecule is N=C1C(=Cc2ccc(OC(=O)c3ccco3)cc2)C(=O)N=C2SC=NN12. The number of thioether (sulfide) groups is 1. The van der Waals surface area contributed by atoms with Crippen LogP contribution in [-0.4, -0.2) is 33.4 Å². The molecule has 3 heterocycles. The number of fused-ring (bicyclic) bond motifs is 1. The normalized spacial score (nSPS) is 17.5. The van der Waals surface area contributed by atoms with E-state index in [2.05, 4.69) is 10.1 Å². The largest absolute Gasteiger partial charge is 0.457 e. The Kier molecular flexibility index (Phi) is 3.98. The van der Waals surface area contributed by atoms with Crippen LogP contribution in [0.5, 0.6) is 5.75 Å². The summed E-state index contributed by atoms with van der Waals surface area (Å²) in [5, 5.41) is 13.8. The number of hydrogen-bond donors (Lipinski definition) is 1. The summed E-state index contributed by atoms with van der Waals surface area (Å²) >= 11 is 1.19. The minimum Gasteiger partial charge on any atom is -0.457 e. The first-order valence-corrected chi connectivity index (χ1v) is 8.28. The standard InChI is InChI=1S/C17H10N4O4S/c18-14-12(15(22)20-17-21(14)19-9-26-17)8-10-3-5-11(6-4-10)25-16(23)13-2-1-7-24-13/h1-9,18H. The molecule has 0 saturated heterocycles. The lowest BCUT2D eigenvalue weighted by Gasteiger charge is -2.20. The molecular weight excluding hydrogens is 356 g/mol. The van der Waals surface area contributed by atoms with Gasteiger partial charge in [-0.1, -0.05) is 12.1 Å². The number of amides is 1. The van der Waals surface area contributed by atoms with E-state index in [1.165, 1.54) is 34.6 Å². The summed E-state index contributed by atoms with van der Waals surface area (Å²) in [6.07, 6.45) is 2.93. The molecule has 128 valence electrons. The molecule has 2 aromatic rings. The molecule has 0 bridgehead atoms. The maximum Gasteiger partial charge on any atom is 0.379 e. The van der Waals surface area contributed by atoms with Gasteiger partial charge >= 0.3 is 5.97 Å². The highest BCUT2D eigenvalue weighted by atomic mass is 32.2. The smallest absolute Gasteiger partial charge is 0.379 e. The molecule has 0 unspecified atom stereocenters. The van der Waals surface area contributed by atoms with Crippen LogP contribution in [0, 0.1) is 5.41 Å². The molecule has 0 saturated carbocycles. The number of hydrogen-bond acceptors (Lipinski definition) is 7. The minimum absolute atomic E-state index is 0.0328. The Morgan fingerprint density at radius 2 is 2.08 bits per heavy atom. The summed E-state index contributed by atoms with van der Waals surface area (Å²) in [6, 6.07) is 9.61. The van der Waals surface area contributed by atoms with E-state index in [4.69, 9.17) is 14.6 Å². The van der Waals surface area contributed by atoms with Crippen LogP contribution in [0.3, 0.4) is 0 Å². The third kappa shape index (κ3) is 2.95. The zero-order chi connectivity index (χ0) is 18.1. The number of nitrogens with one attached hydrogen (secondary N) is 1. The van der Waals surface area contributed by atoms with Crippen LogP contribution >= 0.6 is 11.8 Å². The molecule has 1 N–H and O–H groups in total. The van der Waals surface area contributed by atoms with E-state index in [0.717, 1.165) is 0 Å². The van der Waals surface area contributed by atoms with Crippen molar-refractivity contribution in [3.05, 3.63) is 59.6 Å². The van der Waals surface area contributed by atoms with Gasteiger partial charge in [0.05, 0.1) is 17.4 Å². The Morgan fingerprint density at radius 3 is 2.81 bits per heavy atom. The number of furan rings is 1. The van der Waals surface area contributed by atoms with Crippen LogP contribution < -0.4 is 4.74 Å². The molecule has 1 aromatic carbocycles. The molecule has 0 fully saturated rings. The lowest BCUT2D eigenvalue weighted by molar-refractivity contribution is -0.114. The lowest BCUT2D eigenvalue weighted by atomic mass is 10.1. The Labute approximate surface area is 151 Å². The molecule has 2 aliphatic heterocycles. The average molecular weight is 366 g/mol. The van der Waals surface area contributed by atoms with E-state index in [1.54, 1.807) is 36.4 Å². The second-order valence-electron chi connectivity index (χ2n) is 5.19. The fourth-order valence-electron chi connectivity index (χ4n) is 2.29. The van der Waals surface area contributed by atoms with Gasteiger partial charge in [0, 0.05) is 0 Å². The van der Waals surface area contributed by atoms with Gasteiger partial charge in [-0.05, 0) is 47.7 Å². The quantitative estimate of drug-likeness (QED) is 0.508. The van der Waals surface area contributed by atoms with E-state index in [0.29, 0.717) is 16.5 Å². The first kappa shape index (κ1) is 16.0. The summed E-state index contributed by atoms with van der Waals surface area (Å²) in [4.78, 5) is 27.9. The fourth-order valence-corrected chi connectivity index (χ4v) is 2.90. The van der Waals surface area contributed by atoms with Crippen LogP contribution in [0.2, 0.25) is 0 Å². The Morgan fingerprint density at radius 1 is 1.27 bits per heavy atom. The maximum atomic E-state index is 12.1. The number of carbonyl (C=O) groups is 2. The Bertz CT molecular complexity index is 990. The second kappa shape index (κ2) is 6.45. The lowest BCUT2D eigenvalue weighted by Crippen LogP contribution is -2.35. The van der Waals surface area contributed by atoms with Crippen molar-refractivity contribution in [3.63, 3.8) is 0 Å². The molecule has 9 heteroatoms. The van der Waals surface area contributed by atoms with Crippen molar-refractivity contribution < 1.29 is 18.7 Å². The highest BCUT2D eigenvalue weighted by Gasteiger charge is 2.32. The van der Waals surface area contributed by atoms with E-state index in [1.807, 2.05) is 0 Å². The molecule has 0 radical (unpaired) electrons. The van der Waals surface area contributed by atoms with Crippen molar-refractivity contribution in [2.45, 2.75) is 0 Å². The van der Waals surface area contributed by atoms with Crippen molar-refractivity contribution in [1.82, 2.24) is 5.01 Å². The van der Waals surface area contributed by atoms with Crippen LogP contribution in [0.15, 0.2) is 62.7 Å². The van der Waals surface area contributed by atoms with Gasteiger partial charge in [0.1, 0.15) is 5.75 Å². The minimum atomic E-state index is -0.600. The monoisotopic (exact) mass is 366 g/mol. The average Bonchev–Trinajstić information content (AvgIpc) is 3.31. The summed E-state index contributed by atoms with van der Waals surface area (Å²) in [5.41, 5.74) is 2.31. The molecular formula is C17H10N4O4S. The van der Waals surface area contributed by atoms with Crippen molar-refractivity contribution in [1.29, 1.82) is 5.41 Å². The topological polar surface area (TPSA) is 108 Å². The number of carbonyl (C=O) groups excluding carboxylic acids is 2. The number of aliphatic imine (C=N–C) groups is 1. The zero-order valence-electron chi connectivity index (χ0n) is 13.1. The third-order valence-corrected chi connectivity index (χ3v) is 4.20. The molecule has 8 nitrogen and oxygen atoms in total. The summed E-state index contributed by atoms with van der Waals surface area (Å²) in [5.74, 6) is -0.687. The van der Waals surface area contributed by atoms with Crippen molar-refractivity contribution in [3.8, 4) is 5.75 Å². The van der Waals surface area contributed by atoms with Gasteiger partial charge in [-0.15, -0.1) is 0 Å². The number of amidine groups is 2. The maximum absolute atomic E-state index is 12.1. The number of esters is 1. The van der Waals surface area contributed by atoms with E-state index >= 15 is 0 Å². The van der Waals surface area contributed by atoms with E-state index in [-0.39, 0.29) is 17.2 Å². The van der Waals surface area contributed by atoms with E-state index < -0.39 is 11.9 Å². The number of nitrogens with zero attached hydrogens (tertiary/aromatic N) is 3.